The van der Waals surface area contributed by atoms with E-state index in [1.807, 2.05) is 12.1 Å². The Hall–Kier alpha value is -6.26. The van der Waals surface area contributed by atoms with Gasteiger partial charge in [0.05, 0.1) is 11.4 Å². The molecule has 4 nitrogen and oxygen atoms in total. The molecule has 0 fully saturated rings. The minimum absolute atomic E-state index is 0.00169. The van der Waals surface area contributed by atoms with E-state index >= 15 is 0 Å². The molecule has 0 bridgehead atoms. The Morgan fingerprint density at radius 2 is 0.915 bits per heavy atom. The second-order valence-corrected chi connectivity index (χ2v) is 12.2. The molecule has 1 unspecified atom stereocenters. The molecule has 47 heavy (non-hydrogen) atoms. The number of furan rings is 2. The van der Waals surface area contributed by atoms with Crippen molar-refractivity contribution in [2.75, 3.05) is 10.2 Å². The second-order valence-electron chi connectivity index (χ2n) is 12.2. The highest BCUT2D eigenvalue weighted by molar-refractivity contribution is 6.09. The molecule has 0 saturated heterocycles. The number of hydrogen-bond donors (Lipinski definition) is 1. The number of fused-ring (bicyclic) bond motifs is 7. The third kappa shape index (κ3) is 4.15. The van der Waals surface area contributed by atoms with Gasteiger partial charge in [0.15, 0.2) is 0 Å². The molecule has 0 saturated carbocycles. The van der Waals surface area contributed by atoms with Crippen molar-refractivity contribution in [1.82, 2.24) is 0 Å². The van der Waals surface area contributed by atoms with E-state index in [1.54, 1.807) is 0 Å². The van der Waals surface area contributed by atoms with Gasteiger partial charge >= 0.3 is 0 Å². The van der Waals surface area contributed by atoms with Gasteiger partial charge < -0.3 is 19.1 Å². The molecule has 1 atom stereocenters. The minimum Gasteiger partial charge on any atom is -0.456 e. The molecule has 1 aliphatic rings. The summed E-state index contributed by atoms with van der Waals surface area (Å²) in [5, 5.41) is 8.29. The molecule has 1 N–H and O–H groups in total. The summed E-state index contributed by atoms with van der Waals surface area (Å²) in [5.41, 5.74) is 12.8. The van der Waals surface area contributed by atoms with Gasteiger partial charge in [-0.3, -0.25) is 0 Å². The molecule has 7 aromatic carbocycles. The van der Waals surface area contributed by atoms with Gasteiger partial charge in [0.2, 0.25) is 0 Å². The molecule has 1 aliphatic heterocycles. The molecule has 0 amide bonds. The first-order valence-corrected chi connectivity index (χ1v) is 16.0. The van der Waals surface area contributed by atoms with Crippen LogP contribution in [0.3, 0.4) is 0 Å². The van der Waals surface area contributed by atoms with Crippen molar-refractivity contribution in [1.29, 1.82) is 0 Å². The van der Waals surface area contributed by atoms with Gasteiger partial charge in [-0.1, -0.05) is 91.0 Å². The number of hydrogen-bond acceptors (Lipinski definition) is 4. The molecule has 10 rings (SSSR count). The molecule has 0 radical (unpaired) electrons. The van der Waals surface area contributed by atoms with Gasteiger partial charge in [-0.05, 0) is 94.5 Å². The molecule has 0 aliphatic carbocycles. The summed E-state index contributed by atoms with van der Waals surface area (Å²) in [4.78, 5) is 2.38. The average molecular weight is 605 g/mol. The summed E-state index contributed by atoms with van der Waals surface area (Å²) in [6.45, 7) is 0. The summed E-state index contributed by atoms with van der Waals surface area (Å²) in [6.07, 6.45) is 0.00169. The first-order valence-electron chi connectivity index (χ1n) is 16.0. The molecular formula is C43H28N2O2. The van der Waals surface area contributed by atoms with Crippen LogP contribution in [0, 0.1) is 0 Å². The highest BCUT2D eigenvalue weighted by Crippen LogP contribution is 2.47. The molecule has 9 aromatic rings. The van der Waals surface area contributed by atoms with Crippen LogP contribution in [-0.2, 0) is 0 Å². The van der Waals surface area contributed by atoms with Gasteiger partial charge in [0.25, 0.3) is 0 Å². The topological polar surface area (TPSA) is 41.6 Å². The van der Waals surface area contributed by atoms with Gasteiger partial charge in [0.1, 0.15) is 28.5 Å². The lowest BCUT2D eigenvalue weighted by molar-refractivity contribution is 0.668. The first kappa shape index (κ1) is 26.0. The van der Waals surface area contributed by atoms with E-state index < -0.39 is 0 Å². The van der Waals surface area contributed by atoms with E-state index in [-0.39, 0.29) is 6.17 Å². The normalized spacial score (nSPS) is 14.3. The fraction of sp³-hybridized carbons (Fsp3) is 0.0233. The lowest BCUT2D eigenvalue weighted by atomic mass is 9.99. The van der Waals surface area contributed by atoms with E-state index in [9.17, 15) is 0 Å². The van der Waals surface area contributed by atoms with Gasteiger partial charge in [-0.15, -0.1) is 0 Å². The van der Waals surface area contributed by atoms with Gasteiger partial charge in [0, 0.05) is 27.2 Å². The van der Waals surface area contributed by atoms with Crippen molar-refractivity contribution < 1.29 is 8.83 Å². The Labute approximate surface area is 271 Å². The highest BCUT2D eigenvalue weighted by Gasteiger charge is 2.31. The lowest BCUT2D eigenvalue weighted by Crippen LogP contribution is -2.23. The number of anilines is 3. The Kier molecular flexibility index (Phi) is 5.60. The standard InChI is InChI=1S/C43H28N2O2/c1-3-9-27(10-4-1)43-44-37-26-31(15-19-38(37)45(43)32-11-5-2-6-12-32)30-18-22-42-36(25-30)35-24-29(17-21-41(35)47-42)28-16-20-40-34(23-28)33-13-7-8-14-39(33)46-40/h1-26,43-44H. The van der Waals surface area contributed by atoms with Crippen molar-refractivity contribution in [3.8, 4) is 22.3 Å². The maximum absolute atomic E-state index is 6.32. The van der Waals surface area contributed by atoms with Crippen molar-refractivity contribution in [2.24, 2.45) is 0 Å². The van der Waals surface area contributed by atoms with Crippen molar-refractivity contribution >= 4 is 60.9 Å². The Morgan fingerprint density at radius 1 is 0.426 bits per heavy atom. The van der Waals surface area contributed by atoms with Crippen LogP contribution < -0.4 is 10.2 Å². The maximum atomic E-state index is 6.32. The van der Waals surface area contributed by atoms with Crippen molar-refractivity contribution in [2.45, 2.75) is 6.17 Å². The van der Waals surface area contributed by atoms with Gasteiger partial charge in [-0.25, -0.2) is 0 Å². The minimum atomic E-state index is 0.00169. The Morgan fingerprint density at radius 3 is 1.55 bits per heavy atom. The quantitative estimate of drug-likeness (QED) is 0.217. The van der Waals surface area contributed by atoms with Crippen LogP contribution in [0.25, 0.3) is 66.1 Å². The van der Waals surface area contributed by atoms with Crippen LogP contribution in [0.1, 0.15) is 11.7 Å². The number of rotatable bonds is 4. The third-order valence-corrected chi connectivity index (χ3v) is 9.47. The largest absolute Gasteiger partial charge is 0.456 e. The molecule has 3 heterocycles. The SMILES string of the molecule is c1ccc(C2Nc3cc(-c4ccc5oc6ccc(-c7ccc8oc9ccccc9c8c7)cc6c5c4)ccc3N2c2ccccc2)cc1. The first-order chi connectivity index (χ1) is 23.3. The predicted molar refractivity (Wildman–Crippen MR) is 193 cm³/mol. The monoisotopic (exact) mass is 604 g/mol. The number of para-hydroxylation sites is 2. The zero-order valence-electron chi connectivity index (χ0n) is 25.4. The van der Waals surface area contributed by atoms with Crippen LogP contribution >= 0.6 is 0 Å². The average Bonchev–Trinajstić information content (AvgIpc) is 3.82. The predicted octanol–water partition coefficient (Wildman–Crippen LogP) is 12.1. The van der Waals surface area contributed by atoms with Crippen molar-refractivity contribution in [3.05, 3.63) is 163 Å². The third-order valence-electron chi connectivity index (χ3n) is 9.47. The lowest BCUT2D eigenvalue weighted by Gasteiger charge is -2.27. The highest BCUT2D eigenvalue weighted by atomic mass is 16.3. The van der Waals surface area contributed by atoms with Crippen LogP contribution in [0.5, 0.6) is 0 Å². The Balaban J connectivity index is 1.05. The van der Waals surface area contributed by atoms with E-state index in [4.69, 9.17) is 8.83 Å². The van der Waals surface area contributed by atoms with Gasteiger partial charge in [-0.2, -0.15) is 0 Å². The van der Waals surface area contributed by atoms with E-state index in [2.05, 4.69) is 156 Å². The van der Waals surface area contributed by atoms with E-state index in [0.29, 0.717) is 0 Å². The van der Waals surface area contributed by atoms with Crippen LogP contribution in [0.4, 0.5) is 17.1 Å². The summed E-state index contributed by atoms with van der Waals surface area (Å²) in [6, 6.07) is 55.6. The Bertz CT molecular complexity index is 2620. The fourth-order valence-corrected chi connectivity index (χ4v) is 7.18. The summed E-state index contributed by atoms with van der Waals surface area (Å²) in [5.74, 6) is 0. The van der Waals surface area contributed by atoms with E-state index in [0.717, 1.165) is 83.2 Å². The number of nitrogens with one attached hydrogen (secondary N) is 1. The molecule has 2 aromatic heterocycles. The zero-order chi connectivity index (χ0) is 30.9. The van der Waals surface area contributed by atoms with Crippen LogP contribution in [-0.4, -0.2) is 0 Å². The number of nitrogens with zero attached hydrogens (tertiary/aromatic N) is 1. The zero-order valence-corrected chi connectivity index (χ0v) is 25.4. The van der Waals surface area contributed by atoms with E-state index in [1.165, 1.54) is 5.56 Å². The second kappa shape index (κ2) is 10.1. The molecular weight excluding hydrogens is 576 g/mol. The molecule has 4 heteroatoms. The summed E-state index contributed by atoms with van der Waals surface area (Å²) < 4.78 is 12.4. The fourth-order valence-electron chi connectivity index (χ4n) is 7.18. The molecule has 222 valence electrons. The number of benzene rings is 7. The van der Waals surface area contributed by atoms with Crippen LogP contribution in [0.2, 0.25) is 0 Å². The van der Waals surface area contributed by atoms with Crippen LogP contribution in [0.15, 0.2) is 167 Å². The maximum Gasteiger partial charge on any atom is 0.135 e. The molecule has 0 spiro atoms. The summed E-state index contributed by atoms with van der Waals surface area (Å²) >= 11 is 0. The smallest absolute Gasteiger partial charge is 0.135 e. The summed E-state index contributed by atoms with van der Waals surface area (Å²) in [7, 11) is 0. The van der Waals surface area contributed by atoms with Crippen molar-refractivity contribution in [3.63, 3.8) is 0 Å².